The fourth-order valence-electron chi connectivity index (χ4n) is 5.77. The summed E-state index contributed by atoms with van der Waals surface area (Å²) in [5, 5.41) is 9.14. The number of anilines is 1. The number of aryl methyl sites for hydroxylation is 1. The van der Waals surface area contributed by atoms with Crippen LogP contribution < -0.4 is 4.90 Å². The quantitative estimate of drug-likeness (QED) is 0.372. The zero-order valence-electron chi connectivity index (χ0n) is 20.9. The Kier molecular flexibility index (Phi) is 5.99. The molecule has 0 aliphatic carbocycles. The lowest BCUT2D eigenvalue weighted by atomic mass is 9.84. The number of aromatic nitrogens is 2. The van der Waals surface area contributed by atoms with Gasteiger partial charge in [0.25, 0.3) is 5.91 Å². The number of hydrogen-bond acceptors (Lipinski definition) is 5. The summed E-state index contributed by atoms with van der Waals surface area (Å²) in [5.41, 5.74) is 4.66. The van der Waals surface area contributed by atoms with Gasteiger partial charge in [-0.2, -0.15) is 5.26 Å². The Bertz CT molecular complexity index is 1580. The molecular weight excluding hydrogens is 484 g/mol. The average Bonchev–Trinajstić information content (AvgIpc) is 2.92. The third-order valence-electron chi connectivity index (χ3n) is 7.49. The molecule has 2 aliphatic rings. The van der Waals surface area contributed by atoms with Gasteiger partial charge in [-0.3, -0.25) is 9.78 Å². The molecule has 4 aromatic rings. The lowest BCUT2D eigenvalue weighted by molar-refractivity contribution is 0.0565. The van der Waals surface area contributed by atoms with E-state index in [-0.39, 0.29) is 17.7 Å². The van der Waals surface area contributed by atoms with Crippen LogP contribution in [0.1, 0.15) is 27.9 Å². The van der Waals surface area contributed by atoms with Gasteiger partial charge in [-0.15, -0.1) is 0 Å². The van der Waals surface area contributed by atoms with Crippen LogP contribution in [0.5, 0.6) is 0 Å². The van der Waals surface area contributed by atoms with Gasteiger partial charge in [-0.05, 0) is 54.5 Å². The molecular formula is C30H25F2N5O. The van der Waals surface area contributed by atoms with Crippen molar-refractivity contribution in [1.29, 1.82) is 5.26 Å². The van der Waals surface area contributed by atoms with E-state index < -0.39 is 11.6 Å². The Morgan fingerprint density at radius 1 is 0.947 bits per heavy atom. The maximum atomic E-state index is 13.8. The van der Waals surface area contributed by atoms with Crippen LogP contribution in [-0.2, 0) is 0 Å². The maximum absolute atomic E-state index is 13.8. The second-order valence-corrected chi connectivity index (χ2v) is 10.3. The minimum absolute atomic E-state index is 0.0132. The van der Waals surface area contributed by atoms with Crippen molar-refractivity contribution in [2.24, 2.45) is 11.8 Å². The summed E-state index contributed by atoms with van der Waals surface area (Å²) in [6, 6.07) is 17.5. The predicted octanol–water partition coefficient (Wildman–Crippen LogP) is 5.35. The van der Waals surface area contributed by atoms with E-state index in [0.717, 1.165) is 35.2 Å². The number of amides is 1. The molecule has 0 N–H and O–H groups in total. The molecule has 0 radical (unpaired) electrons. The highest BCUT2D eigenvalue weighted by Gasteiger charge is 2.37. The van der Waals surface area contributed by atoms with Crippen LogP contribution in [0, 0.1) is 41.7 Å². The van der Waals surface area contributed by atoms with E-state index in [0.29, 0.717) is 54.2 Å². The molecule has 190 valence electrons. The van der Waals surface area contributed by atoms with Gasteiger partial charge in [0.2, 0.25) is 0 Å². The Morgan fingerprint density at radius 3 is 2.32 bits per heavy atom. The van der Waals surface area contributed by atoms with E-state index in [2.05, 4.69) is 20.9 Å². The zero-order valence-corrected chi connectivity index (χ0v) is 20.9. The van der Waals surface area contributed by atoms with E-state index in [9.17, 15) is 13.6 Å². The minimum Gasteiger partial charge on any atom is -0.355 e. The summed E-state index contributed by atoms with van der Waals surface area (Å²) in [6.45, 7) is 4.66. The highest BCUT2D eigenvalue weighted by atomic mass is 19.2. The first kappa shape index (κ1) is 24.0. The van der Waals surface area contributed by atoms with Crippen LogP contribution in [0.2, 0.25) is 0 Å². The van der Waals surface area contributed by atoms with Crippen LogP contribution >= 0.6 is 0 Å². The van der Waals surface area contributed by atoms with Crippen molar-refractivity contribution in [2.45, 2.75) is 13.3 Å². The van der Waals surface area contributed by atoms with Crippen molar-refractivity contribution in [3.8, 4) is 17.2 Å². The third-order valence-corrected chi connectivity index (χ3v) is 7.49. The Balaban J connectivity index is 1.23. The Hall–Kier alpha value is -4.38. The van der Waals surface area contributed by atoms with Gasteiger partial charge in [0.1, 0.15) is 5.82 Å². The largest absolute Gasteiger partial charge is 0.355 e. The van der Waals surface area contributed by atoms with E-state index in [1.807, 2.05) is 42.2 Å². The predicted molar refractivity (Wildman–Crippen MR) is 140 cm³/mol. The molecule has 2 atom stereocenters. The molecule has 6 nitrogen and oxygen atoms in total. The molecule has 3 aromatic carbocycles. The lowest BCUT2D eigenvalue weighted by Crippen LogP contribution is -2.54. The number of carbonyl (C=O) groups is 1. The van der Waals surface area contributed by atoms with Crippen LogP contribution in [0.3, 0.4) is 0 Å². The molecule has 2 saturated heterocycles. The van der Waals surface area contributed by atoms with Gasteiger partial charge in [-0.25, -0.2) is 13.8 Å². The molecule has 1 aromatic heterocycles. The molecule has 2 unspecified atom stereocenters. The number of piperidine rings is 2. The summed E-state index contributed by atoms with van der Waals surface area (Å²) in [7, 11) is 0. The number of halogens is 2. The Morgan fingerprint density at radius 2 is 1.63 bits per heavy atom. The van der Waals surface area contributed by atoms with Crippen LogP contribution in [0.15, 0.2) is 60.8 Å². The van der Waals surface area contributed by atoms with Gasteiger partial charge in [0.15, 0.2) is 11.6 Å². The SMILES string of the molecule is Cc1ccc(-c2ccc(C#N)cc2)c(C(=O)N2CC3CC(C2)CN(c2cnc4cc(F)c(F)cc4n2)C3)c1. The van der Waals surface area contributed by atoms with E-state index in [4.69, 9.17) is 5.26 Å². The summed E-state index contributed by atoms with van der Waals surface area (Å²) in [5.74, 6) is -0.703. The van der Waals surface area contributed by atoms with E-state index in [1.54, 1.807) is 18.3 Å². The molecule has 38 heavy (non-hydrogen) atoms. The molecule has 6 rings (SSSR count). The van der Waals surface area contributed by atoms with Crippen molar-refractivity contribution in [3.63, 3.8) is 0 Å². The van der Waals surface area contributed by atoms with Gasteiger partial charge < -0.3 is 9.80 Å². The Labute approximate surface area is 219 Å². The molecule has 8 heteroatoms. The maximum Gasteiger partial charge on any atom is 0.254 e. The molecule has 1 amide bonds. The number of fused-ring (bicyclic) bond motifs is 3. The van der Waals surface area contributed by atoms with Gasteiger partial charge in [-0.1, -0.05) is 29.8 Å². The topological polar surface area (TPSA) is 73.1 Å². The third kappa shape index (κ3) is 4.45. The smallest absolute Gasteiger partial charge is 0.254 e. The number of nitrogens with zero attached hydrogens (tertiary/aromatic N) is 5. The molecule has 3 heterocycles. The lowest BCUT2D eigenvalue weighted by Gasteiger charge is -2.46. The molecule has 0 saturated carbocycles. The van der Waals surface area contributed by atoms with E-state index >= 15 is 0 Å². The fraction of sp³-hybridized carbons (Fsp3) is 0.267. The number of hydrogen-bond donors (Lipinski definition) is 0. The zero-order chi connectivity index (χ0) is 26.4. The van der Waals surface area contributed by atoms with E-state index in [1.165, 1.54) is 0 Å². The minimum atomic E-state index is -0.940. The van der Waals surface area contributed by atoms with Gasteiger partial charge in [0.05, 0.1) is 28.9 Å². The van der Waals surface area contributed by atoms with Gasteiger partial charge >= 0.3 is 0 Å². The van der Waals surface area contributed by atoms with Crippen molar-refractivity contribution in [1.82, 2.24) is 14.9 Å². The van der Waals surface area contributed by atoms with Crippen molar-refractivity contribution < 1.29 is 13.6 Å². The number of carbonyl (C=O) groups excluding carboxylic acids is 1. The normalized spacial score (nSPS) is 18.9. The van der Waals surface area contributed by atoms with Crippen molar-refractivity contribution in [3.05, 3.63) is 89.1 Å². The van der Waals surface area contributed by atoms with Gasteiger partial charge in [0, 0.05) is 43.9 Å². The second-order valence-electron chi connectivity index (χ2n) is 10.3. The summed E-state index contributed by atoms with van der Waals surface area (Å²) in [4.78, 5) is 26.8. The second kappa shape index (κ2) is 9.49. The van der Waals surface area contributed by atoms with Crippen LogP contribution in [0.25, 0.3) is 22.2 Å². The summed E-state index contributed by atoms with van der Waals surface area (Å²) in [6.07, 6.45) is 2.64. The number of rotatable bonds is 3. The first-order valence-electron chi connectivity index (χ1n) is 12.6. The van der Waals surface area contributed by atoms with Crippen LogP contribution in [-0.4, -0.2) is 47.0 Å². The number of likely N-dealkylation sites (tertiary alicyclic amines) is 1. The number of nitriles is 1. The molecule has 2 bridgehead atoms. The van der Waals surface area contributed by atoms with Crippen molar-refractivity contribution >= 4 is 22.8 Å². The molecule has 0 spiro atoms. The first-order chi connectivity index (χ1) is 18.4. The number of benzene rings is 3. The monoisotopic (exact) mass is 509 g/mol. The average molecular weight is 510 g/mol. The molecule has 2 fully saturated rings. The summed E-state index contributed by atoms with van der Waals surface area (Å²) >= 11 is 0. The highest BCUT2D eigenvalue weighted by molar-refractivity contribution is 6.01. The first-order valence-corrected chi connectivity index (χ1v) is 12.6. The highest BCUT2D eigenvalue weighted by Crippen LogP contribution is 2.34. The summed E-state index contributed by atoms with van der Waals surface area (Å²) < 4.78 is 27.3. The molecule has 2 aliphatic heterocycles. The van der Waals surface area contributed by atoms with Crippen molar-refractivity contribution in [2.75, 3.05) is 31.1 Å². The van der Waals surface area contributed by atoms with Crippen LogP contribution in [0.4, 0.5) is 14.6 Å². The fourth-order valence-corrected chi connectivity index (χ4v) is 5.77. The standard InChI is InChI=1S/C30H25F2N5O/c1-18-2-7-23(22-5-3-19(12-33)4-6-22)24(8-18)30(38)37-16-20-9-21(17-37)15-36(14-20)29-13-34-27-10-25(31)26(32)11-28(27)35-29/h2-8,10-11,13,20-21H,9,14-17H2,1H3.